The predicted molar refractivity (Wildman–Crippen MR) is 98.1 cm³/mol. The number of aromatic amines is 1. The van der Waals surface area contributed by atoms with Crippen LogP contribution in [0.3, 0.4) is 0 Å². The number of aryl methyl sites for hydroxylation is 1. The summed E-state index contributed by atoms with van der Waals surface area (Å²) in [6.07, 6.45) is 2.34. The van der Waals surface area contributed by atoms with Gasteiger partial charge in [0.1, 0.15) is 11.1 Å². The molecule has 2 aromatic heterocycles. The number of nitrogens with zero attached hydrogens (tertiary/aromatic N) is 3. The molecule has 132 valence electrons. The van der Waals surface area contributed by atoms with Crippen molar-refractivity contribution in [1.82, 2.24) is 19.7 Å². The molecule has 0 aliphatic rings. The Morgan fingerprint density at radius 1 is 1.28 bits per heavy atom. The molecular weight excluding hydrogens is 318 g/mol. The first kappa shape index (κ1) is 17.0. The van der Waals surface area contributed by atoms with E-state index >= 15 is 0 Å². The van der Waals surface area contributed by atoms with Crippen LogP contribution in [0.25, 0.3) is 11.0 Å². The number of nitrogens with one attached hydrogen (secondary N) is 2. The Bertz CT molecular complexity index is 896. The smallest absolute Gasteiger partial charge is 0.263 e. The lowest BCUT2D eigenvalue weighted by molar-refractivity contribution is 0.271. The third-order valence-corrected chi connectivity index (χ3v) is 3.81. The molecule has 2 heterocycles. The highest BCUT2D eigenvalue weighted by molar-refractivity contribution is 5.74. The van der Waals surface area contributed by atoms with Gasteiger partial charge in [-0.05, 0) is 30.0 Å². The third-order valence-electron chi connectivity index (χ3n) is 3.81. The van der Waals surface area contributed by atoms with Gasteiger partial charge in [0.05, 0.1) is 12.8 Å². The van der Waals surface area contributed by atoms with Gasteiger partial charge >= 0.3 is 0 Å². The summed E-state index contributed by atoms with van der Waals surface area (Å²) in [6.45, 7) is 5.64. The first-order valence-corrected chi connectivity index (χ1v) is 8.40. The molecule has 0 saturated heterocycles. The van der Waals surface area contributed by atoms with Crippen molar-refractivity contribution in [1.29, 1.82) is 0 Å². The maximum atomic E-state index is 12.0. The Labute approximate surface area is 146 Å². The topological polar surface area (TPSA) is 84.8 Å². The van der Waals surface area contributed by atoms with Crippen molar-refractivity contribution >= 4 is 17.0 Å². The first-order chi connectivity index (χ1) is 12.0. The number of hydrogen-bond acceptors (Lipinski definition) is 5. The highest BCUT2D eigenvalue weighted by Crippen LogP contribution is 2.14. The largest absolute Gasteiger partial charge is 0.493 e. The van der Waals surface area contributed by atoms with Crippen molar-refractivity contribution in [3.8, 4) is 5.75 Å². The van der Waals surface area contributed by atoms with Crippen LogP contribution in [0.4, 0.5) is 5.95 Å². The van der Waals surface area contributed by atoms with E-state index in [9.17, 15) is 4.79 Å². The van der Waals surface area contributed by atoms with E-state index in [0.29, 0.717) is 29.4 Å². The van der Waals surface area contributed by atoms with Crippen LogP contribution in [-0.2, 0) is 13.5 Å². The van der Waals surface area contributed by atoms with Crippen molar-refractivity contribution in [2.45, 2.75) is 20.3 Å². The normalized spacial score (nSPS) is 11.2. The number of H-pyrrole nitrogens is 1. The first-order valence-electron chi connectivity index (χ1n) is 8.40. The minimum atomic E-state index is -0.188. The zero-order valence-corrected chi connectivity index (χ0v) is 14.7. The molecule has 3 rings (SSSR count). The standard InChI is InChI=1S/C18H23N5O2/c1-12(2)11-25-14-6-4-13(5-7-14)8-9-19-18-21-16-15(17(24)22-18)10-20-23(16)3/h4-7,10,12H,8-9,11H2,1-3H3,(H2,19,21,22,24). The fourth-order valence-electron chi connectivity index (χ4n) is 2.46. The van der Waals surface area contributed by atoms with E-state index < -0.39 is 0 Å². The Balaban J connectivity index is 1.57. The molecule has 7 heteroatoms. The average Bonchev–Trinajstić information content (AvgIpc) is 2.96. The van der Waals surface area contributed by atoms with E-state index in [1.165, 1.54) is 11.8 Å². The molecule has 2 N–H and O–H groups in total. The maximum absolute atomic E-state index is 12.0. The minimum Gasteiger partial charge on any atom is -0.493 e. The second-order valence-electron chi connectivity index (χ2n) is 6.45. The molecule has 0 aliphatic carbocycles. The summed E-state index contributed by atoms with van der Waals surface area (Å²) in [5.41, 5.74) is 1.57. The maximum Gasteiger partial charge on any atom is 0.263 e. The van der Waals surface area contributed by atoms with Crippen molar-refractivity contribution in [2.24, 2.45) is 13.0 Å². The number of benzene rings is 1. The lowest BCUT2D eigenvalue weighted by Gasteiger charge is -2.09. The van der Waals surface area contributed by atoms with E-state index in [-0.39, 0.29) is 5.56 Å². The van der Waals surface area contributed by atoms with E-state index in [4.69, 9.17) is 4.74 Å². The van der Waals surface area contributed by atoms with E-state index in [1.54, 1.807) is 11.7 Å². The van der Waals surface area contributed by atoms with E-state index in [1.807, 2.05) is 12.1 Å². The summed E-state index contributed by atoms with van der Waals surface area (Å²) < 4.78 is 7.27. The van der Waals surface area contributed by atoms with Gasteiger partial charge in [0.2, 0.25) is 5.95 Å². The zero-order chi connectivity index (χ0) is 17.8. The molecule has 0 bridgehead atoms. The number of fused-ring (bicyclic) bond motifs is 1. The van der Waals surface area contributed by atoms with Crippen LogP contribution >= 0.6 is 0 Å². The quantitative estimate of drug-likeness (QED) is 0.689. The summed E-state index contributed by atoms with van der Waals surface area (Å²) in [4.78, 5) is 19.1. The SMILES string of the molecule is CC(C)COc1ccc(CCNc2nc3c(cnn3C)c(=O)[nH]2)cc1. The molecule has 3 aromatic rings. The second-order valence-corrected chi connectivity index (χ2v) is 6.45. The van der Waals surface area contributed by atoms with Gasteiger partial charge in [-0.2, -0.15) is 10.1 Å². The second kappa shape index (κ2) is 7.38. The Morgan fingerprint density at radius 3 is 2.76 bits per heavy atom. The lowest BCUT2D eigenvalue weighted by Crippen LogP contribution is -2.15. The highest BCUT2D eigenvalue weighted by atomic mass is 16.5. The molecule has 0 fully saturated rings. The summed E-state index contributed by atoms with van der Waals surface area (Å²) in [5.74, 6) is 1.85. The molecule has 1 aromatic carbocycles. The highest BCUT2D eigenvalue weighted by Gasteiger charge is 2.07. The van der Waals surface area contributed by atoms with Crippen molar-refractivity contribution in [3.63, 3.8) is 0 Å². The van der Waals surface area contributed by atoms with Crippen LogP contribution in [0.1, 0.15) is 19.4 Å². The molecule has 0 amide bonds. The number of anilines is 1. The summed E-state index contributed by atoms with van der Waals surface area (Å²) in [7, 11) is 1.77. The van der Waals surface area contributed by atoms with Gasteiger partial charge < -0.3 is 10.1 Å². The fourth-order valence-corrected chi connectivity index (χ4v) is 2.46. The fraction of sp³-hybridized carbons (Fsp3) is 0.389. The average molecular weight is 341 g/mol. The van der Waals surface area contributed by atoms with Crippen LogP contribution < -0.4 is 15.6 Å². The van der Waals surface area contributed by atoms with E-state index in [2.05, 4.69) is 46.4 Å². The number of hydrogen-bond donors (Lipinski definition) is 2. The Morgan fingerprint density at radius 2 is 2.04 bits per heavy atom. The summed E-state index contributed by atoms with van der Waals surface area (Å²) in [6, 6.07) is 8.08. The predicted octanol–water partition coefficient (Wildman–Crippen LogP) is 2.35. The molecule has 25 heavy (non-hydrogen) atoms. The summed E-state index contributed by atoms with van der Waals surface area (Å²) in [5, 5.41) is 7.70. The van der Waals surface area contributed by atoms with Crippen LogP contribution in [0.5, 0.6) is 5.75 Å². The number of rotatable bonds is 7. The van der Waals surface area contributed by atoms with Crippen molar-refractivity contribution < 1.29 is 4.74 Å². The molecule has 0 spiro atoms. The van der Waals surface area contributed by atoms with E-state index in [0.717, 1.165) is 18.8 Å². The van der Waals surface area contributed by atoms with Crippen LogP contribution in [-0.4, -0.2) is 32.9 Å². The van der Waals surface area contributed by atoms with Gasteiger partial charge in [-0.1, -0.05) is 26.0 Å². The molecule has 0 unspecified atom stereocenters. The molecule has 0 saturated carbocycles. The third kappa shape index (κ3) is 4.17. The van der Waals surface area contributed by atoms with Gasteiger partial charge in [0, 0.05) is 13.6 Å². The molecular formula is C18H23N5O2. The van der Waals surface area contributed by atoms with Crippen molar-refractivity contribution in [3.05, 3.63) is 46.4 Å². The Hall–Kier alpha value is -2.83. The van der Waals surface area contributed by atoms with Gasteiger partial charge in [-0.3, -0.25) is 14.5 Å². The van der Waals surface area contributed by atoms with Crippen molar-refractivity contribution in [2.75, 3.05) is 18.5 Å². The van der Waals surface area contributed by atoms with Crippen LogP contribution in [0, 0.1) is 5.92 Å². The summed E-state index contributed by atoms with van der Waals surface area (Å²) >= 11 is 0. The zero-order valence-electron chi connectivity index (χ0n) is 14.7. The molecule has 0 radical (unpaired) electrons. The van der Waals surface area contributed by atoms with Gasteiger partial charge in [0.15, 0.2) is 5.65 Å². The molecule has 0 aliphatic heterocycles. The van der Waals surface area contributed by atoms with Crippen LogP contribution in [0.15, 0.2) is 35.3 Å². The molecule has 7 nitrogen and oxygen atoms in total. The van der Waals surface area contributed by atoms with Gasteiger partial charge in [-0.25, -0.2) is 0 Å². The van der Waals surface area contributed by atoms with Gasteiger partial charge in [-0.15, -0.1) is 0 Å². The van der Waals surface area contributed by atoms with Crippen LogP contribution in [0.2, 0.25) is 0 Å². The number of aromatic nitrogens is 4. The number of ether oxygens (including phenoxy) is 1. The monoisotopic (exact) mass is 341 g/mol. The minimum absolute atomic E-state index is 0.188. The van der Waals surface area contributed by atoms with Gasteiger partial charge in [0.25, 0.3) is 5.56 Å². The Kier molecular flexibility index (Phi) is 5.02. The lowest BCUT2D eigenvalue weighted by atomic mass is 10.1. The molecule has 0 atom stereocenters.